The molecule has 4 aromatic rings. The van der Waals surface area contributed by atoms with E-state index in [9.17, 15) is 13.2 Å². The first-order valence-corrected chi connectivity index (χ1v) is 13.6. The third-order valence-electron chi connectivity index (χ3n) is 6.08. The van der Waals surface area contributed by atoms with E-state index in [0.29, 0.717) is 24.3 Å². The third kappa shape index (κ3) is 4.59. The summed E-state index contributed by atoms with van der Waals surface area (Å²) in [7, 11) is -3.69. The number of aryl methyl sites for hydroxylation is 2. The smallest absolute Gasteiger partial charge is 0.341 e. The van der Waals surface area contributed by atoms with Gasteiger partial charge in [0.05, 0.1) is 11.4 Å². The predicted molar refractivity (Wildman–Crippen MR) is 136 cm³/mol. The van der Waals surface area contributed by atoms with E-state index in [2.05, 4.69) is 4.98 Å². The Bertz CT molecular complexity index is 1540. The Balaban J connectivity index is 1.49. The standard InChI is InChI=1S/C27H23NO5S2/c1-17-7-2-4-9-19(17)20-10-5-3-8-18(20)16-35(31,32)27-28-26-22-11-6-12-23(33-15-25(29)30)21(22)13-14-24(26)34-27/h2-12H,13-16H2,1H3,(H,29,30). The SMILES string of the molecule is Cc1ccccc1-c1ccccc1CS(=O)(=O)c1nc2c(s1)CCc1c(OCC(=O)O)cccc1-2. The highest BCUT2D eigenvalue weighted by atomic mass is 32.2. The molecule has 0 radical (unpaired) electrons. The number of carbonyl (C=O) groups is 1. The van der Waals surface area contributed by atoms with Gasteiger partial charge in [-0.1, -0.05) is 60.7 Å². The molecule has 0 atom stereocenters. The van der Waals surface area contributed by atoms with Gasteiger partial charge in [0.2, 0.25) is 14.2 Å². The third-order valence-corrected chi connectivity index (χ3v) is 9.32. The summed E-state index contributed by atoms with van der Waals surface area (Å²) in [5.74, 6) is -0.689. The zero-order valence-corrected chi connectivity index (χ0v) is 20.7. The largest absolute Gasteiger partial charge is 0.482 e. The molecule has 1 aromatic heterocycles. The molecule has 0 saturated heterocycles. The van der Waals surface area contributed by atoms with Gasteiger partial charge in [0.15, 0.2) is 6.61 Å². The summed E-state index contributed by atoms with van der Waals surface area (Å²) in [6.45, 7) is 1.58. The minimum Gasteiger partial charge on any atom is -0.482 e. The van der Waals surface area contributed by atoms with Gasteiger partial charge >= 0.3 is 5.97 Å². The van der Waals surface area contributed by atoms with Crippen LogP contribution in [-0.4, -0.2) is 31.1 Å². The molecule has 5 rings (SSSR count). The highest BCUT2D eigenvalue weighted by molar-refractivity contribution is 7.92. The maximum absolute atomic E-state index is 13.5. The van der Waals surface area contributed by atoms with E-state index >= 15 is 0 Å². The zero-order chi connectivity index (χ0) is 24.6. The van der Waals surface area contributed by atoms with E-state index in [1.807, 2.05) is 61.5 Å². The Morgan fingerprint density at radius 3 is 2.46 bits per heavy atom. The fraction of sp³-hybridized carbons (Fsp3) is 0.185. The highest BCUT2D eigenvalue weighted by Gasteiger charge is 2.29. The molecule has 0 spiro atoms. The van der Waals surface area contributed by atoms with E-state index in [1.54, 1.807) is 12.1 Å². The summed E-state index contributed by atoms with van der Waals surface area (Å²) < 4.78 is 32.6. The molecule has 1 N–H and O–H groups in total. The second-order valence-corrected chi connectivity index (χ2v) is 11.7. The lowest BCUT2D eigenvalue weighted by atomic mass is 9.93. The van der Waals surface area contributed by atoms with Gasteiger partial charge in [-0.25, -0.2) is 18.2 Å². The molecular weight excluding hydrogens is 482 g/mol. The molecule has 0 aliphatic heterocycles. The molecule has 0 amide bonds. The van der Waals surface area contributed by atoms with Crippen LogP contribution in [0.1, 0.15) is 21.6 Å². The summed E-state index contributed by atoms with van der Waals surface area (Å²) in [4.78, 5) is 16.4. The molecule has 0 fully saturated rings. The van der Waals surface area contributed by atoms with Crippen LogP contribution in [0.4, 0.5) is 0 Å². The Morgan fingerprint density at radius 2 is 1.69 bits per heavy atom. The molecule has 1 aliphatic carbocycles. The van der Waals surface area contributed by atoms with Crippen LogP contribution in [0.5, 0.6) is 5.75 Å². The number of hydrogen-bond acceptors (Lipinski definition) is 6. The number of carboxylic acids is 1. The number of sulfone groups is 1. The minimum atomic E-state index is -3.69. The van der Waals surface area contributed by atoms with Crippen molar-refractivity contribution in [1.29, 1.82) is 0 Å². The van der Waals surface area contributed by atoms with Gasteiger partial charge in [0.25, 0.3) is 0 Å². The maximum atomic E-state index is 13.5. The second-order valence-electron chi connectivity index (χ2n) is 8.45. The number of carboxylic acid groups (broad SMARTS) is 1. The fourth-order valence-electron chi connectivity index (χ4n) is 4.45. The number of aliphatic carboxylic acids is 1. The normalized spacial score (nSPS) is 12.6. The van der Waals surface area contributed by atoms with Crippen LogP contribution in [0.3, 0.4) is 0 Å². The molecule has 1 aliphatic rings. The van der Waals surface area contributed by atoms with Crippen LogP contribution in [0.25, 0.3) is 22.4 Å². The fourth-order valence-corrected chi connectivity index (χ4v) is 7.26. The van der Waals surface area contributed by atoms with Gasteiger partial charge in [-0.3, -0.25) is 0 Å². The first-order valence-electron chi connectivity index (χ1n) is 11.2. The van der Waals surface area contributed by atoms with Crippen molar-refractivity contribution < 1.29 is 23.1 Å². The van der Waals surface area contributed by atoms with Crippen LogP contribution >= 0.6 is 11.3 Å². The first-order chi connectivity index (χ1) is 16.8. The van der Waals surface area contributed by atoms with Crippen molar-refractivity contribution >= 4 is 27.1 Å². The van der Waals surface area contributed by atoms with Gasteiger partial charge in [0.1, 0.15) is 5.75 Å². The van der Waals surface area contributed by atoms with Crippen molar-refractivity contribution in [2.24, 2.45) is 0 Å². The molecule has 178 valence electrons. The van der Waals surface area contributed by atoms with Gasteiger partial charge in [-0.2, -0.15) is 0 Å². The van der Waals surface area contributed by atoms with E-state index in [0.717, 1.165) is 38.3 Å². The van der Waals surface area contributed by atoms with Crippen LogP contribution in [0.15, 0.2) is 71.1 Å². The highest BCUT2D eigenvalue weighted by Crippen LogP contribution is 2.41. The number of aromatic nitrogens is 1. The molecule has 35 heavy (non-hydrogen) atoms. The average molecular weight is 506 g/mol. The Kier molecular flexibility index (Phi) is 6.17. The number of nitrogens with zero attached hydrogens (tertiary/aromatic N) is 1. The van der Waals surface area contributed by atoms with Crippen molar-refractivity contribution in [1.82, 2.24) is 4.98 Å². The van der Waals surface area contributed by atoms with Gasteiger partial charge < -0.3 is 9.84 Å². The van der Waals surface area contributed by atoms with Crippen molar-refractivity contribution in [2.45, 2.75) is 29.9 Å². The quantitative estimate of drug-likeness (QED) is 0.365. The van der Waals surface area contributed by atoms with Crippen LogP contribution in [0, 0.1) is 6.92 Å². The molecule has 1 heterocycles. The summed E-state index contributed by atoms with van der Waals surface area (Å²) >= 11 is 1.22. The number of thiazole rings is 1. The minimum absolute atomic E-state index is 0.104. The van der Waals surface area contributed by atoms with Crippen molar-refractivity contribution in [3.8, 4) is 28.1 Å². The van der Waals surface area contributed by atoms with E-state index in [1.165, 1.54) is 11.3 Å². The monoisotopic (exact) mass is 505 g/mol. The first kappa shape index (κ1) is 23.3. The second kappa shape index (κ2) is 9.28. The Morgan fingerprint density at radius 1 is 0.971 bits per heavy atom. The lowest BCUT2D eigenvalue weighted by Gasteiger charge is -2.18. The molecule has 3 aromatic carbocycles. The molecule has 8 heteroatoms. The Hall–Kier alpha value is -3.49. The molecular formula is C27H23NO5S2. The zero-order valence-electron chi connectivity index (χ0n) is 19.0. The molecule has 6 nitrogen and oxygen atoms in total. The topological polar surface area (TPSA) is 93.6 Å². The Labute approximate surface area is 207 Å². The summed E-state index contributed by atoms with van der Waals surface area (Å²) in [5.41, 5.74) is 6.04. The number of hydrogen-bond donors (Lipinski definition) is 1. The number of ether oxygens (including phenoxy) is 1. The van der Waals surface area contributed by atoms with E-state index in [4.69, 9.17) is 9.84 Å². The summed E-state index contributed by atoms with van der Waals surface area (Å²) in [6.07, 6.45) is 1.26. The van der Waals surface area contributed by atoms with Crippen LogP contribution < -0.4 is 4.74 Å². The average Bonchev–Trinajstić information content (AvgIpc) is 3.29. The van der Waals surface area contributed by atoms with Crippen molar-refractivity contribution in [2.75, 3.05) is 6.61 Å². The van der Waals surface area contributed by atoms with Gasteiger partial charge in [0, 0.05) is 16.0 Å². The molecule has 0 unspecified atom stereocenters. The lowest BCUT2D eigenvalue weighted by molar-refractivity contribution is -0.139. The van der Waals surface area contributed by atoms with Crippen LogP contribution in [0.2, 0.25) is 0 Å². The van der Waals surface area contributed by atoms with E-state index in [-0.39, 0.29) is 10.1 Å². The number of fused-ring (bicyclic) bond motifs is 3. The summed E-state index contributed by atoms with van der Waals surface area (Å²) in [6, 6.07) is 20.9. The van der Waals surface area contributed by atoms with Crippen molar-refractivity contribution in [3.05, 3.63) is 88.3 Å². The van der Waals surface area contributed by atoms with E-state index < -0.39 is 22.4 Å². The van der Waals surface area contributed by atoms with Crippen molar-refractivity contribution in [3.63, 3.8) is 0 Å². The number of rotatable bonds is 7. The summed E-state index contributed by atoms with van der Waals surface area (Å²) in [5, 5.41) is 8.96. The predicted octanol–water partition coefficient (Wildman–Crippen LogP) is 5.32. The van der Waals surface area contributed by atoms with Gasteiger partial charge in [-0.05, 0) is 48.1 Å². The molecule has 0 bridgehead atoms. The van der Waals surface area contributed by atoms with Gasteiger partial charge in [-0.15, -0.1) is 11.3 Å². The number of benzene rings is 3. The lowest BCUT2D eigenvalue weighted by Crippen LogP contribution is -2.12. The molecule has 0 saturated carbocycles. The maximum Gasteiger partial charge on any atom is 0.341 e. The van der Waals surface area contributed by atoms with Crippen LogP contribution in [-0.2, 0) is 33.2 Å².